The minimum Gasteiger partial charge on any atom is -0.451 e. The molecule has 1 amide bonds. The third-order valence-electron chi connectivity index (χ3n) is 5.64. The Morgan fingerprint density at radius 3 is 2.46 bits per heavy atom. The predicted molar refractivity (Wildman–Crippen MR) is 143 cm³/mol. The highest BCUT2D eigenvalue weighted by Crippen LogP contribution is 2.26. The van der Waals surface area contributed by atoms with Gasteiger partial charge in [-0.05, 0) is 68.0 Å². The summed E-state index contributed by atoms with van der Waals surface area (Å²) in [5.74, 6) is -0.220. The van der Waals surface area contributed by atoms with Gasteiger partial charge in [0, 0.05) is 23.4 Å². The number of aromatic nitrogens is 3. The Bertz CT molecular complexity index is 1670. The minimum atomic E-state index is -0.557. The van der Waals surface area contributed by atoms with E-state index in [-0.39, 0.29) is 16.6 Å². The first-order valence-corrected chi connectivity index (χ1v) is 11.6. The maximum absolute atomic E-state index is 12.7. The summed E-state index contributed by atoms with van der Waals surface area (Å²) >= 11 is 5.33. The largest absolute Gasteiger partial charge is 0.451 e. The predicted octanol–water partition coefficient (Wildman–Crippen LogP) is 5.33. The zero-order valence-electron chi connectivity index (χ0n) is 19.8. The lowest BCUT2D eigenvalue weighted by atomic mass is 10.1. The highest BCUT2D eigenvalue weighted by Gasteiger charge is 2.16. The number of anilines is 1. The zero-order valence-corrected chi connectivity index (χ0v) is 20.6. The number of benzene rings is 3. The third kappa shape index (κ3) is 5.07. The minimum absolute atomic E-state index is 0.0128. The molecule has 0 spiro atoms. The van der Waals surface area contributed by atoms with Crippen LogP contribution in [0.5, 0.6) is 0 Å². The summed E-state index contributed by atoms with van der Waals surface area (Å²) in [4.78, 5) is 24.8. The van der Waals surface area contributed by atoms with Crippen molar-refractivity contribution < 1.29 is 14.1 Å². The normalized spacial score (nSPS) is 10.9. The standard InChI is InChI=1S/C26H20N6O4S/c1-15-6-8-18(9-7-15)31-29-21-12-16(2)20(14-22(21)30-31)27-26(37)28-25(33)24-11-10-23(36-24)17-4-3-5-19(13-17)32(34)35/h3-14H,1-2H3,(H2,27,28,33,37). The molecule has 3 aromatic carbocycles. The van der Waals surface area contributed by atoms with Crippen LogP contribution >= 0.6 is 12.2 Å². The molecule has 11 heteroatoms. The number of hydrogen-bond acceptors (Lipinski definition) is 7. The second-order valence-corrected chi connectivity index (χ2v) is 8.77. The monoisotopic (exact) mass is 512 g/mol. The summed E-state index contributed by atoms with van der Waals surface area (Å²) in [5, 5.41) is 25.8. The van der Waals surface area contributed by atoms with E-state index >= 15 is 0 Å². The van der Waals surface area contributed by atoms with Gasteiger partial charge in [0.1, 0.15) is 16.8 Å². The van der Waals surface area contributed by atoms with E-state index < -0.39 is 10.8 Å². The Labute approximate surface area is 216 Å². The topological polar surface area (TPSA) is 128 Å². The Morgan fingerprint density at radius 2 is 1.73 bits per heavy atom. The van der Waals surface area contributed by atoms with Gasteiger partial charge in [-0.25, -0.2) is 0 Å². The molecule has 0 aliphatic rings. The number of nitrogens with one attached hydrogen (secondary N) is 2. The molecular weight excluding hydrogens is 492 g/mol. The van der Waals surface area contributed by atoms with Gasteiger partial charge in [-0.1, -0.05) is 29.8 Å². The van der Waals surface area contributed by atoms with Crippen molar-refractivity contribution >= 4 is 45.6 Å². The van der Waals surface area contributed by atoms with Crippen molar-refractivity contribution in [3.8, 4) is 17.0 Å². The number of non-ortho nitro benzene ring substituents is 1. The molecule has 10 nitrogen and oxygen atoms in total. The molecule has 2 aromatic heterocycles. The number of nitro groups is 1. The number of thiocarbonyl (C=S) groups is 1. The summed E-state index contributed by atoms with van der Waals surface area (Å²) in [6, 6.07) is 20.6. The molecule has 0 saturated carbocycles. The number of fused-ring (bicyclic) bond motifs is 1. The zero-order chi connectivity index (χ0) is 26.1. The summed E-state index contributed by atoms with van der Waals surface area (Å²) < 4.78 is 5.61. The van der Waals surface area contributed by atoms with Gasteiger partial charge in [0.2, 0.25) is 0 Å². The number of nitrogens with zero attached hydrogens (tertiary/aromatic N) is 4. The second kappa shape index (κ2) is 9.63. The Balaban J connectivity index is 1.29. The fourth-order valence-electron chi connectivity index (χ4n) is 3.70. The van der Waals surface area contributed by atoms with Crippen molar-refractivity contribution in [1.29, 1.82) is 0 Å². The van der Waals surface area contributed by atoms with Crippen LogP contribution in [-0.2, 0) is 0 Å². The van der Waals surface area contributed by atoms with Crippen molar-refractivity contribution in [1.82, 2.24) is 20.3 Å². The molecule has 0 radical (unpaired) electrons. The Morgan fingerprint density at radius 1 is 1.00 bits per heavy atom. The molecule has 0 bridgehead atoms. The molecule has 5 aromatic rings. The molecule has 0 aliphatic carbocycles. The van der Waals surface area contributed by atoms with Crippen molar-refractivity contribution in [2.75, 3.05) is 5.32 Å². The van der Waals surface area contributed by atoms with Gasteiger partial charge < -0.3 is 9.73 Å². The molecule has 2 N–H and O–H groups in total. The second-order valence-electron chi connectivity index (χ2n) is 8.36. The molecular formula is C26H20N6O4S. The van der Waals surface area contributed by atoms with Gasteiger partial charge in [0.15, 0.2) is 10.9 Å². The van der Waals surface area contributed by atoms with Crippen LogP contribution in [-0.4, -0.2) is 30.9 Å². The average molecular weight is 513 g/mol. The quantitative estimate of drug-likeness (QED) is 0.184. The van der Waals surface area contributed by atoms with Crippen molar-refractivity contribution in [2.45, 2.75) is 13.8 Å². The van der Waals surface area contributed by atoms with E-state index in [1.54, 1.807) is 23.0 Å². The number of carbonyl (C=O) groups is 1. The van der Waals surface area contributed by atoms with Gasteiger partial charge in [-0.15, -0.1) is 10.2 Å². The van der Waals surface area contributed by atoms with E-state index in [1.165, 1.54) is 18.2 Å². The summed E-state index contributed by atoms with van der Waals surface area (Å²) in [6.07, 6.45) is 0. The number of furan rings is 1. The van der Waals surface area contributed by atoms with E-state index in [1.807, 2.05) is 50.2 Å². The van der Waals surface area contributed by atoms with Crippen LogP contribution in [0, 0.1) is 24.0 Å². The van der Waals surface area contributed by atoms with Crippen LogP contribution in [0.15, 0.2) is 77.2 Å². The van der Waals surface area contributed by atoms with Crippen LogP contribution in [0.25, 0.3) is 28.0 Å². The van der Waals surface area contributed by atoms with Gasteiger partial charge in [-0.3, -0.25) is 20.2 Å². The molecule has 37 heavy (non-hydrogen) atoms. The lowest BCUT2D eigenvalue weighted by molar-refractivity contribution is -0.384. The molecule has 0 fully saturated rings. The van der Waals surface area contributed by atoms with Crippen LogP contribution in [0.3, 0.4) is 0 Å². The first kappa shape index (κ1) is 23.8. The van der Waals surface area contributed by atoms with E-state index in [2.05, 4.69) is 20.8 Å². The fourth-order valence-corrected chi connectivity index (χ4v) is 3.90. The first-order valence-electron chi connectivity index (χ1n) is 11.2. The van der Waals surface area contributed by atoms with Gasteiger partial charge in [0.25, 0.3) is 11.6 Å². The SMILES string of the molecule is Cc1ccc(-n2nc3cc(C)c(NC(=S)NC(=O)c4ccc(-c5cccc([N+](=O)[O-])c5)o4)cc3n2)cc1. The van der Waals surface area contributed by atoms with E-state index in [0.29, 0.717) is 22.5 Å². The van der Waals surface area contributed by atoms with Gasteiger partial charge in [-0.2, -0.15) is 4.80 Å². The molecule has 0 unspecified atom stereocenters. The smallest absolute Gasteiger partial charge is 0.293 e. The molecule has 0 atom stereocenters. The molecule has 5 rings (SSSR count). The number of carbonyl (C=O) groups excluding carboxylic acids is 1. The lowest BCUT2D eigenvalue weighted by Crippen LogP contribution is -2.34. The summed E-state index contributed by atoms with van der Waals surface area (Å²) in [5.41, 5.74) is 5.33. The highest BCUT2D eigenvalue weighted by atomic mass is 32.1. The summed E-state index contributed by atoms with van der Waals surface area (Å²) in [7, 11) is 0. The molecule has 0 aliphatic heterocycles. The molecule has 0 saturated heterocycles. The first-order chi connectivity index (χ1) is 17.8. The van der Waals surface area contributed by atoms with E-state index in [9.17, 15) is 14.9 Å². The van der Waals surface area contributed by atoms with E-state index in [0.717, 1.165) is 22.3 Å². The highest BCUT2D eigenvalue weighted by molar-refractivity contribution is 7.80. The maximum atomic E-state index is 12.7. The van der Waals surface area contributed by atoms with Gasteiger partial charge >= 0.3 is 0 Å². The van der Waals surface area contributed by atoms with Gasteiger partial charge in [0.05, 0.1) is 10.6 Å². The van der Waals surface area contributed by atoms with Crippen LogP contribution in [0.2, 0.25) is 0 Å². The number of hydrogen-bond donors (Lipinski definition) is 2. The van der Waals surface area contributed by atoms with Crippen LogP contribution in [0.1, 0.15) is 21.7 Å². The lowest BCUT2D eigenvalue weighted by Gasteiger charge is -2.10. The van der Waals surface area contributed by atoms with Crippen LogP contribution < -0.4 is 10.6 Å². The number of amides is 1. The fraction of sp³-hybridized carbons (Fsp3) is 0.0769. The number of aryl methyl sites for hydroxylation is 2. The van der Waals surface area contributed by atoms with E-state index in [4.69, 9.17) is 16.6 Å². The molecule has 184 valence electrons. The number of rotatable bonds is 5. The Kier molecular flexibility index (Phi) is 6.20. The number of nitro benzene ring substituents is 1. The third-order valence-corrected chi connectivity index (χ3v) is 5.84. The van der Waals surface area contributed by atoms with Crippen molar-refractivity contribution in [2.24, 2.45) is 0 Å². The molecule has 2 heterocycles. The Hall–Kier alpha value is -4.90. The maximum Gasteiger partial charge on any atom is 0.293 e. The average Bonchev–Trinajstić information content (AvgIpc) is 3.52. The van der Waals surface area contributed by atoms with Crippen molar-refractivity contribution in [3.63, 3.8) is 0 Å². The summed E-state index contributed by atoms with van der Waals surface area (Å²) in [6.45, 7) is 3.91. The van der Waals surface area contributed by atoms with Crippen LogP contribution in [0.4, 0.5) is 11.4 Å². The van der Waals surface area contributed by atoms with Crippen molar-refractivity contribution in [3.05, 3.63) is 99.8 Å².